The van der Waals surface area contributed by atoms with Gasteiger partial charge in [-0.2, -0.15) is 0 Å². The van der Waals surface area contributed by atoms with Crippen LogP contribution in [-0.4, -0.2) is 9.94 Å². The summed E-state index contributed by atoms with van der Waals surface area (Å²) in [6.07, 6.45) is 3.41. The van der Waals surface area contributed by atoms with Crippen molar-refractivity contribution >= 4 is 0 Å². The largest absolute Gasteiger partial charge is 0.358 e. The molecule has 1 aromatic heterocycles. The van der Waals surface area contributed by atoms with Gasteiger partial charge in [0.2, 0.25) is 0 Å². The van der Waals surface area contributed by atoms with E-state index in [1.165, 1.54) is 4.85 Å². The fourth-order valence-electron chi connectivity index (χ4n) is 0.898. The number of hydrogen-bond donors (Lipinski definition) is 0. The molecule has 3 heteroatoms. The molecule has 0 radical (unpaired) electrons. The zero-order chi connectivity index (χ0) is 8.23. The molecular formula is C9H8N2O. The van der Waals surface area contributed by atoms with Crippen molar-refractivity contribution in [1.82, 2.24) is 9.94 Å². The van der Waals surface area contributed by atoms with E-state index < -0.39 is 0 Å². The summed E-state index contributed by atoms with van der Waals surface area (Å²) >= 11 is 0. The van der Waals surface area contributed by atoms with E-state index >= 15 is 0 Å². The Labute approximate surface area is 70.2 Å². The van der Waals surface area contributed by atoms with Gasteiger partial charge in [-0.15, -0.1) is 9.94 Å². The van der Waals surface area contributed by atoms with E-state index in [9.17, 15) is 0 Å². The highest BCUT2D eigenvalue weighted by molar-refractivity contribution is 5.20. The van der Waals surface area contributed by atoms with Gasteiger partial charge >= 0.3 is 0 Å². The van der Waals surface area contributed by atoms with Gasteiger partial charge in [0, 0.05) is 0 Å². The summed E-state index contributed by atoms with van der Waals surface area (Å²) in [5, 5.41) is 3.91. The quantitative estimate of drug-likeness (QED) is 0.668. The zero-order valence-corrected chi connectivity index (χ0v) is 6.42. The fraction of sp³-hybridized carbons (Fsp3) is 0. The molecule has 1 heterocycles. The summed E-state index contributed by atoms with van der Waals surface area (Å²) < 4.78 is 0. The van der Waals surface area contributed by atoms with E-state index in [0.717, 1.165) is 5.75 Å². The summed E-state index contributed by atoms with van der Waals surface area (Å²) in [6.45, 7) is 0. The summed E-state index contributed by atoms with van der Waals surface area (Å²) in [5.41, 5.74) is 0. The highest BCUT2D eigenvalue weighted by Gasteiger charge is 1.91. The molecule has 2 aromatic rings. The first-order valence-electron chi connectivity index (χ1n) is 3.68. The predicted octanol–water partition coefficient (Wildman–Crippen LogP) is 1.73. The molecule has 0 saturated heterocycles. The van der Waals surface area contributed by atoms with Crippen LogP contribution in [0.5, 0.6) is 5.75 Å². The number of para-hydroxylation sites is 1. The zero-order valence-electron chi connectivity index (χ0n) is 6.42. The number of benzene rings is 1. The maximum Gasteiger partial charge on any atom is 0.157 e. The smallest absolute Gasteiger partial charge is 0.157 e. The Bertz CT molecular complexity index is 329. The summed E-state index contributed by atoms with van der Waals surface area (Å²) in [7, 11) is 0. The van der Waals surface area contributed by atoms with Crippen molar-refractivity contribution in [2.24, 2.45) is 0 Å². The van der Waals surface area contributed by atoms with Gasteiger partial charge < -0.3 is 4.84 Å². The lowest BCUT2D eigenvalue weighted by molar-refractivity contribution is 0.179. The van der Waals surface area contributed by atoms with Gasteiger partial charge in [-0.1, -0.05) is 18.2 Å². The molecule has 0 aliphatic rings. The van der Waals surface area contributed by atoms with Crippen LogP contribution in [0.25, 0.3) is 0 Å². The molecule has 0 saturated carbocycles. The minimum Gasteiger partial charge on any atom is -0.358 e. The van der Waals surface area contributed by atoms with E-state index in [-0.39, 0.29) is 0 Å². The second-order valence-electron chi connectivity index (χ2n) is 2.31. The first-order chi connectivity index (χ1) is 5.95. The number of rotatable bonds is 2. The third-order valence-corrected chi connectivity index (χ3v) is 1.42. The van der Waals surface area contributed by atoms with Crippen LogP contribution in [-0.2, 0) is 0 Å². The first kappa shape index (κ1) is 6.91. The fourth-order valence-corrected chi connectivity index (χ4v) is 0.898. The molecule has 0 fully saturated rings. The van der Waals surface area contributed by atoms with E-state index in [2.05, 4.69) is 5.10 Å². The summed E-state index contributed by atoms with van der Waals surface area (Å²) in [4.78, 5) is 6.74. The Hall–Kier alpha value is -1.77. The summed E-state index contributed by atoms with van der Waals surface area (Å²) in [6, 6.07) is 11.3. The molecule has 2 rings (SSSR count). The van der Waals surface area contributed by atoms with Gasteiger partial charge in [-0.25, -0.2) is 0 Å². The Kier molecular flexibility index (Phi) is 1.78. The van der Waals surface area contributed by atoms with Crippen molar-refractivity contribution in [3.63, 3.8) is 0 Å². The summed E-state index contributed by atoms with van der Waals surface area (Å²) in [5.74, 6) is 0.779. The van der Waals surface area contributed by atoms with Crippen molar-refractivity contribution in [2.45, 2.75) is 0 Å². The molecule has 0 atom stereocenters. The topological polar surface area (TPSA) is 27.1 Å². The molecule has 3 nitrogen and oxygen atoms in total. The minimum atomic E-state index is 0.779. The normalized spacial score (nSPS) is 9.67. The number of aromatic nitrogens is 2. The molecule has 0 unspecified atom stereocenters. The maximum atomic E-state index is 5.32. The molecule has 0 spiro atoms. The average molecular weight is 160 g/mol. The Morgan fingerprint density at radius 3 is 2.58 bits per heavy atom. The van der Waals surface area contributed by atoms with Crippen molar-refractivity contribution in [3.8, 4) is 5.75 Å². The lowest BCUT2D eigenvalue weighted by atomic mass is 10.3. The standard InChI is InChI=1S/C9H8N2O/c1-2-5-9(6-3-1)12-11-8-4-7-10-11/h1-8H. The third kappa shape index (κ3) is 1.45. The van der Waals surface area contributed by atoms with Gasteiger partial charge in [-0.3, -0.25) is 0 Å². The van der Waals surface area contributed by atoms with E-state index in [4.69, 9.17) is 4.84 Å². The molecule has 1 aromatic carbocycles. The van der Waals surface area contributed by atoms with Gasteiger partial charge in [0.15, 0.2) is 5.75 Å². The number of nitrogens with zero attached hydrogens (tertiary/aromatic N) is 2. The molecule has 60 valence electrons. The second-order valence-corrected chi connectivity index (χ2v) is 2.31. The van der Waals surface area contributed by atoms with Gasteiger partial charge in [0.1, 0.15) is 0 Å². The van der Waals surface area contributed by atoms with Crippen LogP contribution in [0.4, 0.5) is 0 Å². The van der Waals surface area contributed by atoms with Gasteiger partial charge in [0.05, 0.1) is 12.4 Å². The van der Waals surface area contributed by atoms with E-state index in [1.54, 1.807) is 12.4 Å². The van der Waals surface area contributed by atoms with Gasteiger partial charge in [-0.05, 0) is 18.2 Å². The van der Waals surface area contributed by atoms with Crippen molar-refractivity contribution < 1.29 is 4.84 Å². The van der Waals surface area contributed by atoms with E-state index in [0.29, 0.717) is 0 Å². The van der Waals surface area contributed by atoms with Crippen LogP contribution < -0.4 is 4.84 Å². The lowest BCUT2D eigenvalue weighted by Crippen LogP contribution is -2.04. The van der Waals surface area contributed by atoms with Crippen LogP contribution in [0.15, 0.2) is 48.8 Å². The van der Waals surface area contributed by atoms with Crippen molar-refractivity contribution in [3.05, 3.63) is 48.8 Å². The van der Waals surface area contributed by atoms with Crippen LogP contribution in [0.1, 0.15) is 0 Å². The number of hydrogen-bond acceptors (Lipinski definition) is 2. The SMILES string of the molecule is c1ccc(On2cccn2)cc1. The molecule has 0 amide bonds. The van der Waals surface area contributed by atoms with Crippen LogP contribution in [0.2, 0.25) is 0 Å². The van der Waals surface area contributed by atoms with Crippen LogP contribution >= 0.6 is 0 Å². The van der Waals surface area contributed by atoms with Gasteiger partial charge in [0.25, 0.3) is 0 Å². The third-order valence-electron chi connectivity index (χ3n) is 1.42. The molecule has 0 bridgehead atoms. The Balaban J connectivity index is 2.15. The second kappa shape index (κ2) is 3.09. The van der Waals surface area contributed by atoms with E-state index in [1.807, 2.05) is 36.4 Å². The minimum absolute atomic E-state index is 0.779. The molecule has 12 heavy (non-hydrogen) atoms. The Morgan fingerprint density at radius 1 is 1.08 bits per heavy atom. The maximum absolute atomic E-state index is 5.32. The van der Waals surface area contributed by atoms with Crippen LogP contribution in [0.3, 0.4) is 0 Å². The average Bonchev–Trinajstić information content (AvgIpc) is 2.59. The highest BCUT2D eigenvalue weighted by atomic mass is 16.7. The molecule has 0 aliphatic carbocycles. The molecule has 0 N–H and O–H groups in total. The Morgan fingerprint density at radius 2 is 1.92 bits per heavy atom. The van der Waals surface area contributed by atoms with Crippen LogP contribution in [0, 0.1) is 0 Å². The predicted molar refractivity (Wildman–Crippen MR) is 44.7 cm³/mol. The van der Waals surface area contributed by atoms with Crippen molar-refractivity contribution in [2.75, 3.05) is 0 Å². The van der Waals surface area contributed by atoms with Crippen molar-refractivity contribution in [1.29, 1.82) is 0 Å². The molecule has 0 aliphatic heterocycles. The molecular weight excluding hydrogens is 152 g/mol. The monoisotopic (exact) mass is 160 g/mol. The first-order valence-corrected chi connectivity index (χ1v) is 3.68. The lowest BCUT2D eigenvalue weighted by Gasteiger charge is -2.02. The highest BCUT2D eigenvalue weighted by Crippen LogP contribution is 2.08.